The number of non-ortho nitro benzene ring substituents is 1. The van der Waals surface area contributed by atoms with Crippen LogP contribution in [0.15, 0.2) is 89.9 Å². The van der Waals surface area contributed by atoms with E-state index in [2.05, 4.69) is 36.0 Å². The molecular weight excluding hydrogens is 446 g/mol. The lowest BCUT2D eigenvalue weighted by Crippen LogP contribution is -2.22. The van der Waals surface area contributed by atoms with Gasteiger partial charge in [0.15, 0.2) is 17.6 Å². The lowest BCUT2D eigenvalue weighted by atomic mass is 10.1. The van der Waals surface area contributed by atoms with Crippen LogP contribution in [0.5, 0.6) is 0 Å². The molecule has 11 heteroatoms. The standard InChI is InChI=1S/C24H19N9O2/c25-24(28-22-13-12-18(29-31-22)15-6-2-1-3-7-15)27-21-9-5-4-8-20(21)26-23-17-14-16(33(34)35)10-11-19(17)30-32-23/h1-14H,(H2,26,30,32)(H3,25,27,28,31). The molecule has 2 heterocycles. The largest absolute Gasteiger partial charge is 0.369 e. The Morgan fingerprint density at radius 1 is 0.943 bits per heavy atom. The van der Waals surface area contributed by atoms with E-state index in [9.17, 15) is 10.1 Å². The third-order valence-corrected chi connectivity index (χ3v) is 5.16. The zero-order valence-electron chi connectivity index (χ0n) is 18.2. The van der Waals surface area contributed by atoms with Crippen LogP contribution in [0.4, 0.5) is 28.7 Å². The second-order valence-corrected chi connectivity index (χ2v) is 7.49. The van der Waals surface area contributed by atoms with Crippen molar-refractivity contribution in [2.75, 3.05) is 10.6 Å². The fraction of sp³-hybridized carbons (Fsp3) is 0. The normalized spacial score (nSPS) is 11.4. The number of nitro benzene ring substituents is 1. The number of aliphatic imine (C=N–C) groups is 1. The van der Waals surface area contributed by atoms with Gasteiger partial charge in [-0.25, -0.2) is 0 Å². The van der Waals surface area contributed by atoms with E-state index in [1.54, 1.807) is 12.1 Å². The minimum Gasteiger partial charge on any atom is -0.369 e. The third-order valence-electron chi connectivity index (χ3n) is 5.16. The lowest BCUT2D eigenvalue weighted by molar-refractivity contribution is -0.384. The van der Waals surface area contributed by atoms with Crippen molar-refractivity contribution >= 4 is 45.6 Å². The number of H-pyrrole nitrogens is 1. The SMILES string of the molecule is NC(=Nc1ccc(-c2ccccc2)nn1)Nc1ccccc1Nc1n[nH]c2ccc([N+](=O)[O-])cc12. The van der Waals surface area contributed by atoms with Crippen molar-refractivity contribution in [3.05, 3.63) is 95.0 Å². The highest BCUT2D eigenvalue weighted by atomic mass is 16.6. The van der Waals surface area contributed by atoms with Crippen molar-refractivity contribution in [1.82, 2.24) is 20.4 Å². The van der Waals surface area contributed by atoms with Gasteiger partial charge in [0.2, 0.25) is 0 Å². The Hall–Kier alpha value is -5.32. The highest BCUT2D eigenvalue weighted by molar-refractivity contribution is 5.99. The molecule has 2 aromatic heterocycles. The molecule has 0 aliphatic heterocycles. The Labute approximate surface area is 198 Å². The molecule has 5 aromatic rings. The highest BCUT2D eigenvalue weighted by Crippen LogP contribution is 2.30. The van der Waals surface area contributed by atoms with Gasteiger partial charge in [0.05, 0.1) is 32.9 Å². The van der Waals surface area contributed by atoms with Gasteiger partial charge in [-0.15, -0.1) is 10.2 Å². The molecule has 5 rings (SSSR count). The van der Waals surface area contributed by atoms with Crippen LogP contribution in [0.2, 0.25) is 0 Å². The molecule has 0 bridgehead atoms. The van der Waals surface area contributed by atoms with Crippen molar-refractivity contribution in [3.8, 4) is 11.3 Å². The summed E-state index contributed by atoms with van der Waals surface area (Å²) in [5.74, 6) is 0.907. The maximum absolute atomic E-state index is 11.2. The second-order valence-electron chi connectivity index (χ2n) is 7.49. The number of fused-ring (bicyclic) bond motifs is 1. The molecule has 0 atom stereocenters. The van der Waals surface area contributed by atoms with Crippen LogP contribution in [0.3, 0.4) is 0 Å². The zero-order chi connectivity index (χ0) is 24.2. The van der Waals surface area contributed by atoms with Crippen molar-refractivity contribution < 1.29 is 4.92 Å². The average Bonchev–Trinajstić information content (AvgIpc) is 3.28. The monoisotopic (exact) mass is 465 g/mol. The van der Waals surface area contributed by atoms with E-state index in [0.29, 0.717) is 33.9 Å². The molecule has 0 aliphatic carbocycles. The van der Waals surface area contributed by atoms with Crippen LogP contribution in [0.25, 0.3) is 22.2 Å². The lowest BCUT2D eigenvalue weighted by Gasteiger charge is -2.12. The molecule has 0 spiro atoms. The van der Waals surface area contributed by atoms with Gasteiger partial charge in [0.1, 0.15) is 0 Å². The Kier molecular flexibility index (Phi) is 5.70. The number of benzene rings is 3. The molecule has 35 heavy (non-hydrogen) atoms. The summed E-state index contributed by atoms with van der Waals surface area (Å²) in [4.78, 5) is 15.0. The van der Waals surface area contributed by atoms with Gasteiger partial charge < -0.3 is 16.4 Å². The molecule has 0 fully saturated rings. The molecular formula is C24H19N9O2. The first-order valence-corrected chi connectivity index (χ1v) is 10.6. The molecule has 0 radical (unpaired) electrons. The Morgan fingerprint density at radius 3 is 2.46 bits per heavy atom. The minimum atomic E-state index is -0.446. The van der Waals surface area contributed by atoms with E-state index in [0.717, 1.165) is 11.3 Å². The fourth-order valence-electron chi connectivity index (χ4n) is 3.48. The number of rotatable bonds is 6. The van der Waals surface area contributed by atoms with E-state index in [4.69, 9.17) is 5.73 Å². The summed E-state index contributed by atoms with van der Waals surface area (Å²) >= 11 is 0. The van der Waals surface area contributed by atoms with Crippen LogP contribution < -0.4 is 16.4 Å². The number of hydrogen-bond acceptors (Lipinski definition) is 7. The topological polar surface area (TPSA) is 160 Å². The van der Waals surface area contributed by atoms with Crippen molar-refractivity contribution in [2.45, 2.75) is 0 Å². The number of nitrogens with two attached hydrogens (primary N) is 1. The molecule has 3 aromatic carbocycles. The van der Waals surface area contributed by atoms with Crippen molar-refractivity contribution in [3.63, 3.8) is 0 Å². The van der Waals surface area contributed by atoms with Gasteiger partial charge in [-0.3, -0.25) is 15.2 Å². The molecule has 0 unspecified atom stereocenters. The molecule has 172 valence electrons. The molecule has 0 saturated heterocycles. The Morgan fingerprint density at radius 2 is 1.71 bits per heavy atom. The summed E-state index contributed by atoms with van der Waals surface area (Å²) in [5, 5.41) is 33.4. The number of guanidine groups is 1. The van der Waals surface area contributed by atoms with Crippen molar-refractivity contribution in [2.24, 2.45) is 10.7 Å². The number of nitrogens with zero attached hydrogens (tertiary/aromatic N) is 5. The first-order valence-electron chi connectivity index (χ1n) is 10.6. The van der Waals surface area contributed by atoms with Crippen LogP contribution in [-0.2, 0) is 0 Å². The molecule has 0 aliphatic rings. The van der Waals surface area contributed by atoms with E-state index in [-0.39, 0.29) is 11.6 Å². The predicted molar refractivity (Wildman–Crippen MR) is 135 cm³/mol. The summed E-state index contributed by atoms with van der Waals surface area (Å²) in [6.45, 7) is 0. The second kappa shape index (κ2) is 9.27. The molecule has 0 saturated carbocycles. The van der Waals surface area contributed by atoms with E-state index in [1.165, 1.54) is 12.1 Å². The number of nitrogens with one attached hydrogen (secondary N) is 3. The summed E-state index contributed by atoms with van der Waals surface area (Å²) < 4.78 is 0. The van der Waals surface area contributed by atoms with Gasteiger partial charge in [-0.2, -0.15) is 10.1 Å². The Balaban J connectivity index is 1.36. The van der Waals surface area contributed by atoms with Gasteiger partial charge >= 0.3 is 0 Å². The first kappa shape index (κ1) is 21.5. The van der Waals surface area contributed by atoms with E-state index in [1.807, 2.05) is 60.7 Å². The number of aromatic amines is 1. The first-order chi connectivity index (χ1) is 17.1. The van der Waals surface area contributed by atoms with E-state index >= 15 is 0 Å². The summed E-state index contributed by atoms with van der Waals surface area (Å²) in [6.07, 6.45) is 0. The number of anilines is 3. The fourth-order valence-corrected chi connectivity index (χ4v) is 3.48. The summed E-state index contributed by atoms with van der Waals surface area (Å²) in [5.41, 5.74) is 9.73. The van der Waals surface area contributed by atoms with E-state index < -0.39 is 4.92 Å². The minimum absolute atomic E-state index is 0.0240. The zero-order valence-corrected chi connectivity index (χ0v) is 18.2. The van der Waals surface area contributed by atoms with Gasteiger partial charge in [-0.1, -0.05) is 42.5 Å². The summed E-state index contributed by atoms with van der Waals surface area (Å²) in [6, 6.07) is 25.1. The van der Waals surface area contributed by atoms with Gasteiger partial charge in [0.25, 0.3) is 5.69 Å². The van der Waals surface area contributed by atoms with Crippen molar-refractivity contribution in [1.29, 1.82) is 0 Å². The smallest absolute Gasteiger partial charge is 0.270 e. The maximum atomic E-state index is 11.2. The molecule has 0 amide bonds. The number of para-hydroxylation sites is 2. The van der Waals surface area contributed by atoms with Crippen LogP contribution >= 0.6 is 0 Å². The predicted octanol–water partition coefficient (Wildman–Crippen LogP) is 4.73. The molecule has 5 N–H and O–H groups in total. The Bertz CT molecular complexity index is 1530. The quantitative estimate of drug-likeness (QED) is 0.121. The number of hydrogen-bond donors (Lipinski definition) is 4. The number of aromatic nitrogens is 4. The highest BCUT2D eigenvalue weighted by Gasteiger charge is 2.13. The van der Waals surface area contributed by atoms with Crippen LogP contribution in [-0.4, -0.2) is 31.3 Å². The molecule has 11 nitrogen and oxygen atoms in total. The number of nitro groups is 1. The average molecular weight is 465 g/mol. The van der Waals surface area contributed by atoms with Crippen LogP contribution in [0, 0.1) is 10.1 Å². The third kappa shape index (κ3) is 4.73. The van der Waals surface area contributed by atoms with Gasteiger partial charge in [0, 0.05) is 17.7 Å². The summed E-state index contributed by atoms with van der Waals surface area (Å²) in [7, 11) is 0. The maximum Gasteiger partial charge on any atom is 0.270 e. The van der Waals surface area contributed by atoms with Crippen LogP contribution in [0.1, 0.15) is 0 Å². The van der Waals surface area contributed by atoms with Gasteiger partial charge in [-0.05, 0) is 30.3 Å².